The van der Waals surface area contributed by atoms with Crippen LogP contribution in [0, 0.1) is 0 Å². The smallest absolute Gasteiger partial charge is 0.240 e. The molecule has 0 saturated carbocycles. The maximum Gasteiger partial charge on any atom is 0.240 e. The van der Waals surface area contributed by atoms with Crippen LogP contribution in [-0.2, 0) is 10.0 Å². The number of benzene rings is 1. The molecule has 0 amide bonds. The Morgan fingerprint density at radius 2 is 1.72 bits per heavy atom. The number of aromatic nitrogens is 1. The summed E-state index contributed by atoms with van der Waals surface area (Å²) in [5.74, 6) is 0. The number of sulfonamides is 1. The Balaban J connectivity index is 2.30. The van der Waals surface area contributed by atoms with Crippen molar-refractivity contribution in [3.63, 3.8) is 0 Å². The third-order valence-corrected chi connectivity index (χ3v) is 4.16. The van der Waals surface area contributed by atoms with Gasteiger partial charge >= 0.3 is 0 Å². The number of hydrogen-bond donors (Lipinski definition) is 2. The van der Waals surface area contributed by atoms with E-state index < -0.39 is 10.0 Å². The fraction of sp³-hybridized carbons (Fsp3) is 0. The molecule has 0 bridgehead atoms. The van der Waals surface area contributed by atoms with E-state index in [1.165, 1.54) is 17.8 Å². The third kappa shape index (κ3) is 3.00. The lowest BCUT2D eigenvalue weighted by atomic mass is 10.3. The van der Waals surface area contributed by atoms with Crippen LogP contribution in [0.2, 0.25) is 0 Å². The Morgan fingerprint density at radius 3 is 2.28 bits per heavy atom. The first-order valence-electron chi connectivity index (χ1n) is 4.97. The zero-order valence-corrected chi connectivity index (χ0v) is 10.9. The number of hydrogen-bond acceptors (Lipinski definition) is 5. The molecule has 0 fully saturated rings. The van der Waals surface area contributed by atoms with Crippen molar-refractivity contribution >= 4 is 27.5 Å². The normalized spacial score (nSPS) is 11.4. The van der Waals surface area contributed by atoms with Crippen molar-refractivity contribution in [2.45, 2.75) is 14.7 Å². The van der Waals surface area contributed by atoms with Crippen molar-refractivity contribution in [1.82, 2.24) is 4.98 Å². The summed E-state index contributed by atoms with van der Waals surface area (Å²) in [6.45, 7) is 0. The number of anilines is 1. The minimum Gasteiger partial charge on any atom is -0.398 e. The average Bonchev–Trinajstić information content (AvgIpc) is 2.28. The molecule has 2 rings (SSSR count). The Kier molecular flexibility index (Phi) is 3.55. The second-order valence-electron chi connectivity index (χ2n) is 3.53. The molecule has 0 aliphatic carbocycles. The molecule has 94 valence electrons. The van der Waals surface area contributed by atoms with Crippen LogP contribution in [0.4, 0.5) is 5.69 Å². The third-order valence-electron chi connectivity index (χ3n) is 2.17. The Morgan fingerprint density at radius 1 is 1.06 bits per heavy atom. The summed E-state index contributed by atoms with van der Waals surface area (Å²) in [4.78, 5) is 5.70. The molecule has 7 heteroatoms. The first kappa shape index (κ1) is 12.9. The minimum atomic E-state index is -3.77. The van der Waals surface area contributed by atoms with Gasteiger partial charge in [-0.25, -0.2) is 13.6 Å². The number of pyridine rings is 1. The topological polar surface area (TPSA) is 99.1 Å². The molecule has 0 spiro atoms. The standard InChI is InChI=1S/C11H11N3O2S2/c12-10-7-9(1-2-11(10)18(13,15)16)17-8-3-5-14-6-4-8/h1-7H,12H2,(H2,13,15,16). The molecular weight excluding hydrogens is 270 g/mol. The molecule has 0 saturated heterocycles. The van der Waals surface area contributed by atoms with Crippen LogP contribution in [0.15, 0.2) is 57.4 Å². The van der Waals surface area contributed by atoms with Crippen molar-refractivity contribution in [2.24, 2.45) is 5.14 Å². The fourth-order valence-corrected chi connectivity index (χ4v) is 2.89. The molecule has 0 atom stereocenters. The molecule has 0 unspecified atom stereocenters. The molecule has 0 aliphatic heterocycles. The van der Waals surface area contributed by atoms with Gasteiger partial charge in [-0.2, -0.15) is 0 Å². The molecule has 2 aromatic rings. The fourth-order valence-electron chi connectivity index (χ4n) is 1.39. The molecular formula is C11H11N3O2S2. The maximum atomic E-state index is 11.2. The van der Waals surface area contributed by atoms with Gasteiger partial charge in [0.25, 0.3) is 0 Å². The van der Waals surface area contributed by atoms with E-state index in [0.717, 1.165) is 9.79 Å². The van der Waals surface area contributed by atoms with Crippen LogP contribution in [0.3, 0.4) is 0 Å². The van der Waals surface area contributed by atoms with Gasteiger partial charge in [0.2, 0.25) is 10.0 Å². The minimum absolute atomic E-state index is 0.0541. The first-order chi connectivity index (χ1) is 8.47. The quantitative estimate of drug-likeness (QED) is 0.830. The zero-order chi connectivity index (χ0) is 13.2. The Hall–Kier alpha value is -1.57. The predicted octanol–water partition coefficient (Wildman–Crippen LogP) is 1.46. The summed E-state index contributed by atoms with van der Waals surface area (Å²) in [6.07, 6.45) is 3.37. The van der Waals surface area contributed by atoms with Gasteiger partial charge in [-0.3, -0.25) is 4.98 Å². The van der Waals surface area contributed by atoms with Gasteiger partial charge in [-0.05, 0) is 30.3 Å². The van der Waals surface area contributed by atoms with Gasteiger partial charge in [-0.15, -0.1) is 0 Å². The van der Waals surface area contributed by atoms with Crippen LogP contribution >= 0.6 is 11.8 Å². The van der Waals surface area contributed by atoms with E-state index in [2.05, 4.69) is 4.98 Å². The van der Waals surface area contributed by atoms with Crippen molar-refractivity contribution in [3.8, 4) is 0 Å². The number of rotatable bonds is 3. The van der Waals surface area contributed by atoms with E-state index in [9.17, 15) is 8.42 Å². The molecule has 1 aromatic carbocycles. The van der Waals surface area contributed by atoms with E-state index >= 15 is 0 Å². The summed E-state index contributed by atoms with van der Waals surface area (Å²) in [5.41, 5.74) is 5.83. The Labute approximate surface area is 109 Å². The molecule has 0 radical (unpaired) electrons. The highest BCUT2D eigenvalue weighted by atomic mass is 32.2. The number of primary sulfonamides is 1. The lowest BCUT2D eigenvalue weighted by Gasteiger charge is -2.06. The van der Waals surface area contributed by atoms with Crippen molar-refractivity contribution in [3.05, 3.63) is 42.7 Å². The monoisotopic (exact) mass is 281 g/mol. The summed E-state index contributed by atoms with van der Waals surface area (Å²) in [5, 5.41) is 5.04. The highest BCUT2D eigenvalue weighted by molar-refractivity contribution is 7.99. The van der Waals surface area contributed by atoms with E-state index in [0.29, 0.717) is 0 Å². The lowest BCUT2D eigenvalue weighted by molar-refractivity contribution is 0.598. The second kappa shape index (κ2) is 4.97. The van der Waals surface area contributed by atoms with E-state index in [4.69, 9.17) is 10.9 Å². The van der Waals surface area contributed by atoms with E-state index in [1.807, 2.05) is 12.1 Å². The van der Waals surface area contributed by atoms with Crippen LogP contribution in [0.1, 0.15) is 0 Å². The molecule has 18 heavy (non-hydrogen) atoms. The van der Waals surface area contributed by atoms with Gasteiger partial charge in [0.05, 0.1) is 5.69 Å². The van der Waals surface area contributed by atoms with Crippen molar-refractivity contribution < 1.29 is 8.42 Å². The highest BCUT2D eigenvalue weighted by Gasteiger charge is 2.12. The van der Waals surface area contributed by atoms with E-state index in [1.54, 1.807) is 24.5 Å². The van der Waals surface area contributed by atoms with Crippen LogP contribution in [-0.4, -0.2) is 13.4 Å². The molecule has 5 nitrogen and oxygen atoms in total. The highest BCUT2D eigenvalue weighted by Crippen LogP contribution is 2.30. The molecule has 0 aliphatic rings. The molecule has 1 heterocycles. The van der Waals surface area contributed by atoms with E-state index in [-0.39, 0.29) is 10.6 Å². The molecule has 4 N–H and O–H groups in total. The molecule has 1 aromatic heterocycles. The zero-order valence-electron chi connectivity index (χ0n) is 9.28. The number of nitrogens with two attached hydrogens (primary N) is 2. The van der Waals surface area contributed by atoms with Gasteiger partial charge in [0.15, 0.2) is 0 Å². The predicted molar refractivity (Wildman–Crippen MR) is 70.6 cm³/mol. The van der Waals surface area contributed by atoms with Gasteiger partial charge in [0.1, 0.15) is 4.90 Å². The van der Waals surface area contributed by atoms with Crippen molar-refractivity contribution in [2.75, 3.05) is 5.73 Å². The largest absolute Gasteiger partial charge is 0.398 e. The Bertz CT molecular complexity index is 657. The average molecular weight is 281 g/mol. The second-order valence-corrected chi connectivity index (χ2v) is 6.21. The van der Waals surface area contributed by atoms with Gasteiger partial charge in [-0.1, -0.05) is 11.8 Å². The van der Waals surface area contributed by atoms with Crippen molar-refractivity contribution in [1.29, 1.82) is 0 Å². The lowest BCUT2D eigenvalue weighted by Crippen LogP contribution is -2.14. The summed E-state index contributed by atoms with van der Waals surface area (Å²) >= 11 is 1.47. The van der Waals surface area contributed by atoms with Crippen LogP contribution in [0.5, 0.6) is 0 Å². The summed E-state index contributed by atoms with van der Waals surface area (Å²) in [7, 11) is -3.77. The van der Waals surface area contributed by atoms with Crippen LogP contribution in [0.25, 0.3) is 0 Å². The van der Waals surface area contributed by atoms with Gasteiger partial charge in [0, 0.05) is 22.2 Å². The first-order valence-corrected chi connectivity index (χ1v) is 7.33. The maximum absolute atomic E-state index is 11.2. The number of nitrogen functional groups attached to an aromatic ring is 1. The van der Waals surface area contributed by atoms with Crippen LogP contribution < -0.4 is 10.9 Å². The number of nitrogens with zero attached hydrogens (tertiary/aromatic N) is 1. The summed E-state index contributed by atoms with van der Waals surface area (Å²) < 4.78 is 22.4. The summed E-state index contributed by atoms with van der Waals surface area (Å²) in [6, 6.07) is 8.38. The SMILES string of the molecule is Nc1cc(Sc2ccncc2)ccc1S(N)(=O)=O. The van der Waals surface area contributed by atoms with Gasteiger partial charge < -0.3 is 5.73 Å².